The number of hydrogen-bond acceptors (Lipinski definition) is 2. The molecule has 3 fully saturated rings. The summed E-state index contributed by atoms with van der Waals surface area (Å²) in [7, 11) is 0. The molecule has 1 saturated heterocycles. The van der Waals surface area contributed by atoms with E-state index in [2.05, 4.69) is 17.0 Å². The second-order valence-corrected chi connectivity index (χ2v) is 8.77. The Kier molecular flexibility index (Phi) is 3.27. The number of fused-ring (bicyclic) bond motifs is 1. The Balaban J connectivity index is 1.55. The van der Waals surface area contributed by atoms with E-state index >= 15 is 0 Å². The lowest BCUT2D eigenvalue weighted by atomic mass is 9.53. The molecule has 1 N–H and O–H groups in total. The standard InChI is InChI=1S/C21H29NO/c23-18-7-6-16-11-17-14-22(13-15-4-5-15)10-9-21(20(16)12-18)8-2-1-3-19(17)21/h6-7,12,15,17,19,23H,1-5,8-11,13-14H2/t17-,19+,21+/m0/s1. The molecule has 0 aromatic heterocycles. The number of benzene rings is 1. The van der Waals surface area contributed by atoms with E-state index in [0.717, 1.165) is 17.8 Å². The number of likely N-dealkylation sites (tertiary alicyclic amines) is 1. The highest BCUT2D eigenvalue weighted by Crippen LogP contribution is 2.56. The Morgan fingerprint density at radius 3 is 2.91 bits per heavy atom. The zero-order valence-electron chi connectivity index (χ0n) is 14.1. The molecule has 1 heterocycles. The van der Waals surface area contributed by atoms with Crippen molar-refractivity contribution in [3.63, 3.8) is 0 Å². The lowest BCUT2D eigenvalue weighted by Crippen LogP contribution is -2.46. The third-order valence-electron chi connectivity index (χ3n) is 7.36. The molecule has 0 amide bonds. The molecule has 0 unspecified atom stereocenters. The highest BCUT2D eigenvalue weighted by atomic mass is 16.3. The third-order valence-corrected chi connectivity index (χ3v) is 7.36. The van der Waals surface area contributed by atoms with Crippen LogP contribution in [0.1, 0.15) is 56.1 Å². The second kappa shape index (κ2) is 5.24. The maximum absolute atomic E-state index is 10.1. The Labute approximate surface area is 139 Å². The number of hydrogen-bond donors (Lipinski definition) is 1. The van der Waals surface area contributed by atoms with Crippen molar-refractivity contribution < 1.29 is 5.11 Å². The van der Waals surface area contributed by atoms with Crippen LogP contribution in [-0.2, 0) is 11.8 Å². The first-order valence-corrected chi connectivity index (χ1v) is 9.79. The fourth-order valence-electron chi connectivity index (χ4n) is 6.17. The molecule has 0 spiro atoms. The Morgan fingerprint density at radius 2 is 2.04 bits per heavy atom. The molecule has 2 bridgehead atoms. The van der Waals surface area contributed by atoms with Crippen molar-refractivity contribution in [2.75, 3.05) is 19.6 Å². The Hall–Kier alpha value is -1.02. The first-order chi connectivity index (χ1) is 11.2. The molecule has 5 rings (SSSR count). The van der Waals surface area contributed by atoms with Crippen LogP contribution in [0.3, 0.4) is 0 Å². The van der Waals surface area contributed by atoms with Crippen LogP contribution in [0.25, 0.3) is 0 Å². The van der Waals surface area contributed by atoms with Gasteiger partial charge in [0.15, 0.2) is 0 Å². The van der Waals surface area contributed by atoms with Gasteiger partial charge in [-0.3, -0.25) is 0 Å². The summed E-state index contributed by atoms with van der Waals surface area (Å²) in [5.74, 6) is 3.17. The van der Waals surface area contributed by atoms with Gasteiger partial charge in [-0.2, -0.15) is 0 Å². The second-order valence-electron chi connectivity index (χ2n) is 8.77. The van der Waals surface area contributed by atoms with Crippen molar-refractivity contribution in [3.05, 3.63) is 29.3 Å². The van der Waals surface area contributed by atoms with Crippen LogP contribution in [0.5, 0.6) is 5.75 Å². The topological polar surface area (TPSA) is 23.5 Å². The number of phenolic OH excluding ortho intramolecular Hbond substituents is 1. The third kappa shape index (κ3) is 2.33. The van der Waals surface area contributed by atoms with E-state index in [9.17, 15) is 5.11 Å². The molecular formula is C21H29NO. The average Bonchev–Trinajstić information content (AvgIpc) is 3.38. The first kappa shape index (κ1) is 14.3. The molecule has 1 aromatic carbocycles. The van der Waals surface area contributed by atoms with Crippen molar-refractivity contribution in [1.82, 2.24) is 4.90 Å². The van der Waals surface area contributed by atoms with Gasteiger partial charge >= 0.3 is 0 Å². The van der Waals surface area contributed by atoms with Gasteiger partial charge in [-0.15, -0.1) is 0 Å². The van der Waals surface area contributed by atoms with Crippen LogP contribution in [0.4, 0.5) is 0 Å². The molecule has 124 valence electrons. The van der Waals surface area contributed by atoms with Gasteiger partial charge in [0.05, 0.1) is 0 Å². The van der Waals surface area contributed by atoms with Crippen LogP contribution in [-0.4, -0.2) is 29.6 Å². The monoisotopic (exact) mass is 311 g/mol. The summed E-state index contributed by atoms with van der Waals surface area (Å²) < 4.78 is 0. The number of nitrogens with zero attached hydrogens (tertiary/aromatic N) is 1. The minimum atomic E-state index is 0.369. The summed E-state index contributed by atoms with van der Waals surface area (Å²) in [5.41, 5.74) is 3.43. The molecule has 3 aliphatic carbocycles. The van der Waals surface area contributed by atoms with Gasteiger partial charge in [0.2, 0.25) is 0 Å². The van der Waals surface area contributed by atoms with Crippen molar-refractivity contribution in [3.8, 4) is 5.75 Å². The summed E-state index contributed by atoms with van der Waals surface area (Å²) in [5, 5.41) is 10.1. The predicted octanol–water partition coefficient (Wildman–Crippen LogP) is 4.11. The lowest BCUT2D eigenvalue weighted by molar-refractivity contribution is 0.108. The molecule has 2 saturated carbocycles. The van der Waals surface area contributed by atoms with Crippen LogP contribution in [0, 0.1) is 17.8 Å². The van der Waals surface area contributed by atoms with E-state index in [1.165, 1.54) is 76.6 Å². The number of aromatic hydroxyl groups is 1. The molecule has 0 radical (unpaired) electrons. The van der Waals surface area contributed by atoms with Crippen LogP contribution in [0.15, 0.2) is 18.2 Å². The van der Waals surface area contributed by atoms with Gasteiger partial charge in [0, 0.05) is 18.5 Å². The van der Waals surface area contributed by atoms with Crippen LogP contribution >= 0.6 is 0 Å². The summed E-state index contributed by atoms with van der Waals surface area (Å²) in [6, 6.07) is 6.26. The molecule has 1 aliphatic heterocycles. The SMILES string of the molecule is Oc1ccc2c(c1)[C@@]13CCCC[C@@H]1[C@@H](C2)CN(CC1CC1)CC3. The fraction of sp³-hybridized carbons (Fsp3) is 0.714. The Morgan fingerprint density at radius 1 is 1.13 bits per heavy atom. The van der Waals surface area contributed by atoms with E-state index < -0.39 is 0 Å². The largest absolute Gasteiger partial charge is 0.508 e. The van der Waals surface area contributed by atoms with Gasteiger partial charge in [-0.25, -0.2) is 0 Å². The minimum absolute atomic E-state index is 0.369. The Bertz CT molecular complexity index is 608. The van der Waals surface area contributed by atoms with Gasteiger partial charge in [0.1, 0.15) is 5.75 Å². The zero-order valence-corrected chi connectivity index (χ0v) is 14.1. The van der Waals surface area contributed by atoms with E-state index in [4.69, 9.17) is 0 Å². The molecular weight excluding hydrogens is 282 g/mol. The first-order valence-electron chi connectivity index (χ1n) is 9.79. The maximum Gasteiger partial charge on any atom is 0.115 e. The normalized spacial score (nSPS) is 36.9. The summed E-state index contributed by atoms with van der Waals surface area (Å²) in [6.45, 7) is 3.95. The molecule has 3 atom stereocenters. The van der Waals surface area contributed by atoms with E-state index in [1.807, 2.05) is 6.07 Å². The van der Waals surface area contributed by atoms with E-state index in [-0.39, 0.29) is 0 Å². The quantitative estimate of drug-likeness (QED) is 0.888. The van der Waals surface area contributed by atoms with Crippen LogP contribution < -0.4 is 0 Å². The molecule has 2 nitrogen and oxygen atoms in total. The van der Waals surface area contributed by atoms with Crippen molar-refractivity contribution in [1.29, 1.82) is 0 Å². The smallest absolute Gasteiger partial charge is 0.115 e. The molecule has 1 aromatic rings. The highest BCUT2D eigenvalue weighted by molar-refractivity contribution is 5.44. The summed E-state index contributed by atoms with van der Waals surface area (Å²) in [4.78, 5) is 2.80. The van der Waals surface area contributed by atoms with Gasteiger partial charge in [-0.05, 0) is 86.1 Å². The molecule has 23 heavy (non-hydrogen) atoms. The van der Waals surface area contributed by atoms with E-state index in [0.29, 0.717) is 11.2 Å². The predicted molar refractivity (Wildman–Crippen MR) is 92.7 cm³/mol. The number of phenols is 1. The molecule has 4 aliphatic rings. The van der Waals surface area contributed by atoms with Crippen molar-refractivity contribution in [2.45, 2.75) is 56.8 Å². The molecule has 2 heteroatoms. The summed E-state index contributed by atoms with van der Waals surface area (Å²) in [6.07, 6.45) is 11.0. The van der Waals surface area contributed by atoms with Crippen molar-refractivity contribution >= 4 is 0 Å². The van der Waals surface area contributed by atoms with Gasteiger partial charge in [-0.1, -0.05) is 18.9 Å². The van der Waals surface area contributed by atoms with Crippen molar-refractivity contribution in [2.24, 2.45) is 17.8 Å². The summed E-state index contributed by atoms with van der Waals surface area (Å²) >= 11 is 0. The average molecular weight is 311 g/mol. The van der Waals surface area contributed by atoms with E-state index in [1.54, 1.807) is 5.56 Å². The fourth-order valence-corrected chi connectivity index (χ4v) is 6.17. The maximum atomic E-state index is 10.1. The lowest BCUT2D eigenvalue weighted by Gasteiger charge is -2.51. The number of rotatable bonds is 2. The van der Waals surface area contributed by atoms with Gasteiger partial charge in [0.25, 0.3) is 0 Å². The highest BCUT2D eigenvalue weighted by Gasteiger charge is 2.51. The van der Waals surface area contributed by atoms with Gasteiger partial charge < -0.3 is 10.0 Å². The van der Waals surface area contributed by atoms with Crippen LogP contribution in [0.2, 0.25) is 0 Å². The minimum Gasteiger partial charge on any atom is -0.508 e. The zero-order chi connectivity index (χ0) is 15.4.